The Morgan fingerprint density at radius 2 is 2.00 bits per heavy atom. The number of rotatable bonds is 0. The first kappa shape index (κ1) is 9.97. The van der Waals surface area contributed by atoms with Crippen molar-refractivity contribution in [3.05, 3.63) is 22.2 Å². The molecule has 2 aliphatic rings. The molecule has 0 aromatic heterocycles. The number of ketones is 1. The van der Waals surface area contributed by atoms with Crippen molar-refractivity contribution in [2.45, 2.75) is 19.3 Å². The summed E-state index contributed by atoms with van der Waals surface area (Å²) < 4.78 is 11.0. The van der Waals surface area contributed by atoms with Crippen molar-refractivity contribution in [2.75, 3.05) is 13.2 Å². The number of hydrogen-bond acceptors (Lipinski definition) is 3. The number of ether oxygens (including phenoxy) is 2. The van der Waals surface area contributed by atoms with E-state index in [9.17, 15) is 4.79 Å². The minimum absolute atomic E-state index is 0.116. The molecule has 0 atom stereocenters. The molecule has 1 aliphatic carbocycles. The van der Waals surface area contributed by atoms with E-state index in [4.69, 9.17) is 21.1 Å². The Hall–Kier alpha value is -1.22. The van der Waals surface area contributed by atoms with Crippen LogP contribution in [-0.2, 0) is 6.42 Å². The van der Waals surface area contributed by atoms with E-state index in [1.165, 1.54) is 0 Å². The van der Waals surface area contributed by atoms with Crippen LogP contribution in [0.15, 0.2) is 6.07 Å². The van der Waals surface area contributed by atoms with Gasteiger partial charge in [-0.1, -0.05) is 11.6 Å². The van der Waals surface area contributed by atoms with Gasteiger partial charge in [-0.2, -0.15) is 0 Å². The van der Waals surface area contributed by atoms with Gasteiger partial charge >= 0.3 is 0 Å². The zero-order valence-electron chi connectivity index (χ0n) is 8.72. The molecular formula is C12H11ClO3. The lowest BCUT2D eigenvalue weighted by atomic mass is 9.89. The number of benzene rings is 1. The molecule has 84 valence electrons. The van der Waals surface area contributed by atoms with Crippen molar-refractivity contribution in [3.63, 3.8) is 0 Å². The fraction of sp³-hybridized carbons (Fsp3) is 0.417. The molecule has 0 fully saturated rings. The van der Waals surface area contributed by atoms with Crippen LogP contribution in [0.3, 0.4) is 0 Å². The highest BCUT2D eigenvalue weighted by molar-refractivity contribution is 6.32. The molecule has 1 aliphatic heterocycles. The van der Waals surface area contributed by atoms with Crippen LogP contribution in [0.5, 0.6) is 11.5 Å². The third-order valence-electron chi connectivity index (χ3n) is 3.00. The molecule has 0 amide bonds. The highest BCUT2D eigenvalue weighted by atomic mass is 35.5. The standard InChI is InChI=1S/C12H11ClO3/c13-8-6-10-12(16-5-4-15-10)11-7(8)2-1-3-9(11)14/h6H,1-5H2. The van der Waals surface area contributed by atoms with Crippen molar-refractivity contribution in [3.8, 4) is 11.5 Å². The maximum Gasteiger partial charge on any atom is 0.172 e. The van der Waals surface area contributed by atoms with Crippen LogP contribution >= 0.6 is 11.6 Å². The molecule has 3 rings (SSSR count). The van der Waals surface area contributed by atoms with Crippen molar-refractivity contribution in [2.24, 2.45) is 0 Å². The Morgan fingerprint density at radius 3 is 2.88 bits per heavy atom. The Balaban J connectivity index is 2.25. The molecule has 4 heteroatoms. The summed E-state index contributed by atoms with van der Waals surface area (Å²) in [7, 11) is 0. The van der Waals surface area contributed by atoms with Crippen LogP contribution < -0.4 is 9.47 Å². The van der Waals surface area contributed by atoms with Crippen LogP contribution in [0, 0.1) is 0 Å². The number of carbonyl (C=O) groups excluding carboxylic acids is 1. The zero-order valence-corrected chi connectivity index (χ0v) is 9.47. The number of Topliss-reactive ketones (excluding diaryl/α,β-unsaturated/α-hetero) is 1. The lowest BCUT2D eigenvalue weighted by Gasteiger charge is -2.25. The number of hydrogen-bond donors (Lipinski definition) is 0. The second-order valence-corrected chi connectivity index (χ2v) is 4.42. The van der Waals surface area contributed by atoms with E-state index in [0.717, 1.165) is 18.4 Å². The normalized spacial score (nSPS) is 18.2. The van der Waals surface area contributed by atoms with Crippen LogP contribution in [0.25, 0.3) is 0 Å². The van der Waals surface area contributed by atoms with E-state index in [1.807, 2.05) is 0 Å². The highest BCUT2D eigenvalue weighted by Crippen LogP contribution is 2.42. The SMILES string of the molecule is O=C1CCCc2c(Cl)cc3c(c21)OCCO3. The first-order valence-corrected chi connectivity index (χ1v) is 5.79. The number of halogens is 1. The zero-order chi connectivity index (χ0) is 11.1. The van der Waals surface area contributed by atoms with E-state index in [1.54, 1.807) is 6.07 Å². The molecular weight excluding hydrogens is 228 g/mol. The summed E-state index contributed by atoms with van der Waals surface area (Å²) in [6.45, 7) is 1.00. The lowest BCUT2D eigenvalue weighted by Crippen LogP contribution is -2.21. The summed E-state index contributed by atoms with van der Waals surface area (Å²) in [6.07, 6.45) is 2.28. The predicted molar refractivity (Wildman–Crippen MR) is 59.7 cm³/mol. The molecule has 1 aromatic rings. The summed E-state index contributed by atoms with van der Waals surface area (Å²) in [5.41, 5.74) is 1.57. The minimum atomic E-state index is 0.116. The molecule has 0 bridgehead atoms. The average Bonchev–Trinajstić information content (AvgIpc) is 2.30. The Morgan fingerprint density at radius 1 is 1.19 bits per heavy atom. The van der Waals surface area contributed by atoms with Crippen LogP contribution in [0.1, 0.15) is 28.8 Å². The molecule has 0 saturated heterocycles. The van der Waals surface area contributed by atoms with Gasteiger partial charge in [0, 0.05) is 17.5 Å². The number of carbonyl (C=O) groups is 1. The second-order valence-electron chi connectivity index (χ2n) is 4.01. The van der Waals surface area contributed by atoms with E-state index in [2.05, 4.69) is 0 Å². The van der Waals surface area contributed by atoms with Crippen LogP contribution in [-0.4, -0.2) is 19.0 Å². The average molecular weight is 239 g/mol. The minimum Gasteiger partial charge on any atom is -0.486 e. The second kappa shape index (κ2) is 3.67. The maximum atomic E-state index is 11.9. The van der Waals surface area contributed by atoms with E-state index < -0.39 is 0 Å². The van der Waals surface area contributed by atoms with Gasteiger partial charge in [-0.05, 0) is 18.4 Å². The van der Waals surface area contributed by atoms with E-state index in [-0.39, 0.29) is 5.78 Å². The van der Waals surface area contributed by atoms with Gasteiger partial charge in [0.2, 0.25) is 0 Å². The molecule has 1 aromatic carbocycles. The molecule has 1 heterocycles. The molecule has 3 nitrogen and oxygen atoms in total. The van der Waals surface area contributed by atoms with Crippen molar-refractivity contribution in [1.82, 2.24) is 0 Å². The summed E-state index contributed by atoms with van der Waals surface area (Å²) in [4.78, 5) is 11.9. The van der Waals surface area contributed by atoms with E-state index >= 15 is 0 Å². The first-order valence-electron chi connectivity index (χ1n) is 5.41. The highest BCUT2D eigenvalue weighted by Gasteiger charge is 2.28. The topological polar surface area (TPSA) is 35.5 Å². The largest absolute Gasteiger partial charge is 0.486 e. The van der Waals surface area contributed by atoms with Gasteiger partial charge in [0.25, 0.3) is 0 Å². The Labute approximate surface area is 98.3 Å². The van der Waals surface area contributed by atoms with Gasteiger partial charge in [0.1, 0.15) is 13.2 Å². The number of fused-ring (bicyclic) bond motifs is 3. The third-order valence-corrected chi connectivity index (χ3v) is 3.33. The summed E-state index contributed by atoms with van der Waals surface area (Å²) in [6, 6.07) is 1.76. The lowest BCUT2D eigenvalue weighted by molar-refractivity contribution is 0.0960. The van der Waals surface area contributed by atoms with Gasteiger partial charge in [-0.3, -0.25) is 4.79 Å². The third kappa shape index (κ3) is 1.39. The molecule has 0 spiro atoms. The predicted octanol–water partition coefficient (Wildman–Crippen LogP) is 2.63. The van der Waals surface area contributed by atoms with Gasteiger partial charge in [-0.15, -0.1) is 0 Å². The van der Waals surface area contributed by atoms with Gasteiger partial charge < -0.3 is 9.47 Å². The molecule has 16 heavy (non-hydrogen) atoms. The Kier molecular flexibility index (Phi) is 2.28. The Bertz CT molecular complexity index is 468. The maximum absolute atomic E-state index is 11.9. The molecule has 0 radical (unpaired) electrons. The van der Waals surface area contributed by atoms with Crippen LogP contribution in [0.4, 0.5) is 0 Å². The van der Waals surface area contributed by atoms with Crippen molar-refractivity contribution < 1.29 is 14.3 Å². The molecule has 0 saturated carbocycles. The van der Waals surface area contributed by atoms with Crippen molar-refractivity contribution in [1.29, 1.82) is 0 Å². The van der Waals surface area contributed by atoms with Gasteiger partial charge in [0.05, 0.1) is 5.56 Å². The van der Waals surface area contributed by atoms with Crippen molar-refractivity contribution >= 4 is 17.4 Å². The smallest absolute Gasteiger partial charge is 0.172 e. The fourth-order valence-corrected chi connectivity index (χ4v) is 2.57. The molecule has 0 unspecified atom stereocenters. The first-order chi connectivity index (χ1) is 7.77. The summed E-state index contributed by atoms with van der Waals surface area (Å²) in [5, 5.41) is 0.618. The van der Waals surface area contributed by atoms with Gasteiger partial charge in [0.15, 0.2) is 17.3 Å². The quantitative estimate of drug-likeness (QED) is 0.697. The summed E-state index contributed by atoms with van der Waals surface area (Å²) in [5.74, 6) is 1.31. The monoisotopic (exact) mass is 238 g/mol. The van der Waals surface area contributed by atoms with Gasteiger partial charge in [-0.25, -0.2) is 0 Å². The fourth-order valence-electron chi connectivity index (χ4n) is 2.28. The summed E-state index contributed by atoms with van der Waals surface area (Å²) >= 11 is 6.16. The van der Waals surface area contributed by atoms with Crippen LogP contribution in [0.2, 0.25) is 5.02 Å². The molecule has 0 N–H and O–H groups in total. The van der Waals surface area contributed by atoms with E-state index in [0.29, 0.717) is 41.7 Å².